The van der Waals surface area contributed by atoms with E-state index in [1.165, 1.54) is 20.7 Å². The van der Waals surface area contributed by atoms with Crippen molar-refractivity contribution in [1.29, 1.82) is 15.8 Å². The number of hydrogen-bond acceptors (Lipinski definition) is 3. The smallest absolute Gasteiger partial charge is 0.179 e. The Hall–Kier alpha value is -6.97. The van der Waals surface area contributed by atoms with Crippen molar-refractivity contribution in [3.63, 3.8) is 0 Å². The fraction of sp³-hybridized carbons (Fsp3) is 0. The second kappa shape index (κ2) is 12.6. The number of nitrogens with zero attached hydrogens (tertiary/aromatic N) is 4. The quantitative estimate of drug-likeness (QED) is 0.138. The minimum atomic E-state index is -2.67. The maximum atomic E-state index is 10.5. The predicted octanol–water partition coefficient (Wildman–Crippen LogP) is 7.44. The summed E-state index contributed by atoms with van der Waals surface area (Å²) >= 11 is 0. The van der Waals surface area contributed by atoms with E-state index in [-0.39, 0.29) is 0 Å². The Morgan fingerprint density at radius 3 is 1.32 bits per heavy atom. The molecule has 7 aromatic carbocycles. The standard InChI is InChI=1S/C45H28N4Si/c46-29-32-16-24-44-42(26-32)43-27-33(30-47)17-25-45(43)49(44)36-20-23-41(35(28-36)31-48)34-18-21-40(22-19-34)50(37-10-4-1-5-11-37,38-12-6-2-7-13-38)39-14-8-3-9-15-39/h1-28H. The second-order valence-corrected chi connectivity index (χ2v) is 16.1. The fourth-order valence-corrected chi connectivity index (χ4v) is 12.2. The van der Waals surface area contributed by atoms with E-state index in [0.717, 1.165) is 38.6 Å². The van der Waals surface area contributed by atoms with E-state index in [0.29, 0.717) is 16.7 Å². The van der Waals surface area contributed by atoms with Crippen LogP contribution in [0.25, 0.3) is 38.6 Å². The van der Waals surface area contributed by atoms with Crippen LogP contribution in [0.15, 0.2) is 170 Å². The fourth-order valence-electron chi connectivity index (χ4n) is 7.42. The average Bonchev–Trinajstić information content (AvgIpc) is 3.52. The first-order valence-electron chi connectivity index (χ1n) is 16.4. The predicted molar refractivity (Wildman–Crippen MR) is 204 cm³/mol. The zero-order valence-corrected chi connectivity index (χ0v) is 28.0. The SMILES string of the molecule is N#Cc1ccc2c(c1)c1cc(C#N)ccc1n2-c1ccc(-c2ccc([Si](c3ccccc3)(c3ccccc3)c3ccccc3)cc2)c(C#N)c1. The summed E-state index contributed by atoms with van der Waals surface area (Å²) in [4.78, 5) is 0. The molecule has 5 heteroatoms. The van der Waals surface area contributed by atoms with E-state index in [2.05, 4.69) is 138 Å². The summed E-state index contributed by atoms with van der Waals surface area (Å²) < 4.78 is 2.10. The lowest BCUT2D eigenvalue weighted by Crippen LogP contribution is -2.74. The molecule has 0 aliphatic rings. The van der Waals surface area contributed by atoms with Gasteiger partial charge in [-0.2, -0.15) is 15.8 Å². The zero-order valence-electron chi connectivity index (χ0n) is 27.0. The highest BCUT2D eigenvalue weighted by Crippen LogP contribution is 2.35. The lowest BCUT2D eigenvalue weighted by atomic mass is 9.99. The van der Waals surface area contributed by atoms with Gasteiger partial charge in [0.25, 0.3) is 0 Å². The van der Waals surface area contributed by atoms with Crippen LogP contribution >= 0.6 is 0 Å². The van der Waals surface area contributed by atoms with Gasteiger partial charge in [0.05, 0.1) is 45.9 Å². The van der Waals surface area contributed by atoms with Crippen molar-refractivity contribution < 1.29 is 0 Å². The van der Waals surface area contributed by atoms with Crippen LogP contribution in [0.5, 0.6) is 0 Å². The topological polar surface area (TPSA) is 76.3 Å². The molecule has 0 fully saturated rings. The average molecular weight is 653 g/mol. The van der Waals surface area contributed by atoms with Crippen molar-refractivity contribution in [3.8, 4) is 35.0 Å². The molecule has 0 radical (unpaired) electrons. The van der Waals surface area contributed by atoms with Gasteiger partial charge in [0.15, 0.2) is 8.07 Å². The Kier molecular flexibility index (Phi) is 7.63. The molecule has 0 amide bonds. The highest BCUT2D eigenvalue weighted by molar-refractivity contribution is 7.19. The van der Waals surface area contributed by atoms with Gasteiger partial charge in [0, 0.05) is 16.5 Å². The van der Waals surface area contributed by atoms with Gasteiger partial charge in [0.2, 0.25) is 0 Å². The summed E-state index contributed by atoms with van der Waals surface area (Å²) in [6.07, 6.45) is 0. The molecule has 0 saturated carbocycles. The van der Waals surface area contributed by atoms with Crippen LogP contribution in [0.4, 0.5) is 0 Å². The molecule has 4 nitrogen and oxygen atoms in total. The largest absolute Gasteiger partial charge is 0.309 e. The summed E-state index contributed by atoms with van der Waals surface area (Å²) in [7, 11) is -2.67. The molecule has 232 valence electrons. The van der Waals surface area contributed by atoms with Gasteiger partial charge in [-0.15, -0.1) is 0 Å². The van der Waals surface area contributed by atoms with Crippen LogP contribution in [0.1, 0.15) is 16.7 Å². The normalized spacial score (nSPS) is 11.1. The van der Waals surface area contributed by atoms with Crippen molar-refractivity contribution in [2.75, 3.05) is 0 Å². The van der Waals surface area contributed by atoms with Gasteiger partial charge in [-0.25, -0.2) is 0 Å². The van der Waals surface area contributed by atoms with Gasteiger partial charge < -0.3 is 4.57 Å². The number of benzene rings is 7. The molecular weight excluding hydrogens is 625 g/mol. The summed E-state index contributed by atoms with van der Waals surface area (Å²) in [5, 5.41) is 36.6. The molecule has 1 aromatic heterocycles. The molecular formula is C45H28N4Si. The molecule has 50 heavy (non-hydrogen) atoms. The van der Waals surface area contributed by atoms with Gasteiger partial charge in [-0.05, 0) is 80.4 Å². The van der Waals surface area contributed by atoms with E-state index in [4.69, 9.17) is 0 Å². The monoisotopic (exact) mass is 652 g/mol. The first-order chi connectivity index (χ1) is 24.6. The molecule has 0 aliphatic carbocycles. The maximum Gasteiger partial charge on any atom is 0.179 e. The van der Waals surface area contributed by atoms with Gasteiger partial charge in [0.1, 0.15) is 0 Å². The van der Waals surface area contributed by atoms with E-state index >= 15 is 0 Å². The Bertz CT molecular complexity index is 2490. The van der Waals surface area contributed by atoms with Gasteiger partial charge in [-0.1, -0.05) is 121 Å². The highest BCUT2D eigenvalue weighted by Gasteiger charge is 2.41. The van der Waals surface area contributed by atoms with Crippen molar-refractivity contribution >= 4 is 50.6 Å². The maximum absolute atomic E-state index is 10.5. The van der Waals surface area contributed by atoms with E-state index in [9.17, 15) is 15.8 Å². The first-order valence-corrected chi connectivity index (χ1v) is 18.4. The van der Waals surface area contributed by atoms with E-state index < -0.39 is 8.07 Å². The Morgan fingerprint density at radius 1 is 0.420 bits per heavy atom. The van der Waals surface area contributed by atoms with E-state index in [1.54, 1.807) is 12.1 Å². The van der Waals surface area contributed by atoms with Gasteiger partial charge >= 0.3 is 0 Å². The van der Waals surface area contributed by atoms with Crippen molar-refractivity contribution in [3.05, 3.63) is 187 Å². The molecule has 0 aliphatic heterocycles. The minimum Gasteiger partial charge on any atom is -0.309 e. The summed E-state index contributed by atoms with van der Waals surface area (Å²) in [6, 6.07) is 65.4. The molecule has 8 aromatic rings. The van der Waals surface area contributed by atoms with Crippen molar-refractivity contribution in [2.24, 2.45) is 0 Å². The molecule has 0 bridgehead atoms. The number of fused-ring (bicyclic) bond motifs is 3. The van der Waals surface area contributed by atoms with Crippen molar-refractivity contribution in [2.45, 2.75) is 0 Å². The second-order valence-electron chi connectivity index (χ2n) is 12.3. The number of nitriles is 3. The van der Waals surface area contributed by atoms with Crippen LogP contribution < -0.4 is 20.7 Å². The number of aromatic nitrogens is 1. The zero-order chi connectivity index (χ0) is 34.1. The van der Waals surface area contributed by atoms with Crippen LogP contribution in [0.3, 0.4) is 0 Å². The third kappa shape index (κ3) is 4.88. The Morgan fingerprint density at radius 2 is 0.880 bits per heavy atom. The lowest BCUT2D eigenvalue weighted by Gasteiger charge is -2.34. The third-order valence-electron chi connectivity index (χ3n) is 9.65. The van der Waals surface area contributed by atoms with Crippen molar-refractivity contribution in [1.82, 2.24) is 4.57 Å². The molecule has 0 spiro atoms. The first kappa shape index (κ1) is 30.4. The van der Waals surface area contributed by atoms with Crippen LogP contribution in [-0.2, 0) is 0 Å². The summed E-state index contributed by atoms with van der Waals surface area (Å²) in [5.41, 5.74) is 6.12. The number of rotatable bonds is 6. The Balaban J connectivity index is 1.27. The molecule has 8 rings (SSSR count). The molecule has 0 unspecified atom stereocenters. The molecule has 0 N–H and O–H groups in total. The molecule has 1 heterocycles. The molecule has 0 atom stereocenters. The van der Waals surface area contributed by atoms with Crippen LogP contribution in [-0.4, -0.2) is 12.6 Å². The van der Waals surface area contributed by atoms with Crippen LogP contribution in [0, 0.1) is 34.0 Å². The summed E-state index contributed by atoms with van der Waals surface area (Å²) in [6.45, 7) is 0. The summed E-state index contributed by atoms with van der Waals surface area (Å²) in [5.74, 6) is 0. The minimum absolute atomic E-state index is 0.550. The Labute approximate surface area is 291 Å². The highest BCUT2D eigenvalue weighted by atomic mass is 28.3. The number of hydrogen-bond donors (Lipinski definition) is 0. The van der Waals surface area contributed by atoms with E-state index in [1.807, 2.05) is 42.5 Å². The van der Waals surface area contributed by atoms with Crippen LogP contribution in [0.2, 0.25) is 0 Å². The van der Waals surface area contributed by atoms with Gasteiger partial charge in [-0.3, -0.25) is 0 Å². The third-order valence-corrected chi connectivity index (χ3v) is 14.5. The molecule has 0 saturated heterocycles. The lowest BCUT2D eigenvalue weighted by molar-refractivity contribution is 1.18.